The van der Waals surface area contributed by atoms with Crippen LogP contribution in [0.4, 0.5) is 46.5 Å². The number of amides is 8. The molecule has 20 rings (SSSR count). The number of anilines is 4. The van der Waals surface area contributed by atoms with E-state index in [0.29, 0.717) is 115 Å². The summed E-state index contributed by atoms with van der Waals surface area (Å²) in [6.07, 6.45) is 6.38. The third kappa shape index (κ3) is 17.5. The molecule has 8 aromatic carbocycles. The topological polar surface area (TPSA) is 388 Å². The molecule has 12 heterocycles. The zero-order chi connectivity index (χ0) is 99.7. The van der Waals surface area contributed by atoms with Crippen LogP contribution in [0.15, 0.2) is 129 Å². The van der Waals surface area contributed by atoms with Gasteiger partial charge >= 0.3 is 0 Å². The fraction of sp³-hybridized carbons (Fsp3) is 0.237. The Morgan fingerprint density at radius 1 is 0.393 bits per heavy atom. The first kappa shape index (κ1) is 97.8. The van der Waals surface area contributed by atoms with Gasteiger partial charge in [-0.3, -0.25) is 38.4 Å². The first-order valence-electron chi connectivity index (χ1n) is 43.0. The molecule has 716 valence electrons. The number of thiophene rings is 3. The van der Waals surface area contributed by atoms with Crippen molar-refractivity contribution in [2.45, 2.75) is 43.4 Å². The number of fused-ring (bicyclic) bond motifs is 12. The van der Waals surface area contributed by atoms with Crippen molar-refractivity contribution in [3.63, 3.8) is 0 Å². The van der Waals surface area contributed by atoms with Crippen molar-refractivity contribution in [1.82, 2.24) is 44.2 Å². The Bertz CT molecular complexity index is 7530. The number of nitriles is 3. The molecular weight excluding hydrogens is 2000 g/mol. The number of piperazine rings is 4. The van der Waals surface area contributed by atoms with Gasteiger partial charge in [0.25, 0.3) is 23.6 Å². The second kappa shape index (κ2) is 39.8. The minimum absolute atomic E-state index is 0.0109. The number of rotatable bonds is 8. The molecule has 0 spiro atoms. The molecular formula is C97H75Cl5F6N16O12S4. The van der Waals surface area contributed by atoms with Crippen LogP contribution in [0.25, 0.3) is 85.0 Å². The number of hydrogen-bond donors (Lipinski definition) is 4. The maximum Gasteiger partial charge on any atom is 0.258 e. The van der Waals surface area contributed by atoms with Crippen molar-refractivity contribution in [2.75, 3.05) is 128 Å². The van der Waals surface area contributed by atoms with Gasteiger partial charge in [-0.25, -0.2) is 31.3 Å². The number of ether oxygens (including phenoxy) is 4. The lowest BCUT2D eigenvalue weighted by molar-refractivity contribution is -0.129. The highest BCUT2D eigenvalue weighted by molar-refractivity contribution is 7.24. The average molecular weight is 2080 g/mol. The molecule has 4 fully saturated rings. The Morgan fingerprint density at radius 3 is 1.11 bits per heavy atom. The highest BCUT2D eigenvalue weighted by atomic mass is 35.5. The fourth-order valence-corrected chi connectivity index (χ4v) is 24.0. The van der Waals surface area contributed by atoms with Crippen LogP contribution in [-0.2, 0) is 19.2 Å². The van der Waals surface area contributed by atoms with Gasteiger partial charge in [0.15, 0.2) is 28.1 Å². The van der Waals surface area contributed by atoms with E-state index >= 15 is 13.2 Å². The minimum Gasteiger partial charge on any atom is -0.491 e. The van der Waals surface area contributed by atoms with Gasteiger partial charge in [-0.15, -0.1) is 34.0 Å². The summed E-state index contributed by atoms with van der Waals surface area (Å²) in [6, 6.07) is 22.5. The lowest BCUT2D eigenvalue weighted by atomic mass is 9.95. The minimum atomic E-state index is -0.828. The first-order valence-corrected chi connectivity index (χ1v) is 48.2. The number of benzene rings is 8. The van der Waals surface area contributed by atoms with Crippen LogP contribution in [0.1, 0.15) is 77.4 Å². The Balaban J connectivity index is 0.000000129. The zero-order valence-electron chi connectivity index (χ0n) is 73.3. The van der Waals surface area contributed by atoms with Crippen molar-refractivity contribution in [2.24, 2.45) is 0 Å². The Kier molecular flexibility index (Phi) is 27.8. The molecule has 8 N–H and O–H groups in total. The second-order valence-corrected chi connectivity index (χ2v) is 39.1. The fourth-order valence-electron chi connectivity index (χ4n) is 18.7. The normalized spacial score (nSPS) is 17.6. The molecule has 0 aliphatic carbocycles. The molecule has 8 aliphatic rings. The van der Waals surface area contributed by atoms with E-state index in [2.05, 4.69) is 37.4 Å². The summed E-state index contributed by atoms with van der Waals surface area (Å²) >= 11 is 37.4. The van der Waals surface area contributed by atoms with Crippen LogP contribution < -0.4 is 41.9 Å². The first-order chi connectivity index (χ1) is 67.2. The van der Waals surface area contributed by atoms with Gasteiger partial charge in [0.1, 0.15) is 74.7 Å². The van der Waals surface area contributed by atoms with Crippen molar-refractivity contribution in [3.8, 4) is 85.7 Å². The molecule has 8 aliphatic heterocycles. The van der Waals surface area contributed by atoms with Gasteiger partial charge < -0.3 is 81.1 Å². The molecule has 140 heavy (non-hydrogen) atoms. The monoisotopic (exact) mass is 2070 g/mol. The molecule has 28 nitrogen and oxygen atoms in total. The number of thiazole rings is 1. The molecule has 4 saturated heterocycles. The van der Waals surface area contributed by atoms with Crippen LogP contribution >= 0.6 is 103 Å². The number of nitrogen functional groups attached to an aromatic ring is 4. The lowest BCUT2D eigenvalue weighted by Crippen LogP contribution is -2.57. The summed E-state index contributed by atoms with van der Waals surface area (Å²) in [7, 11) is 0. The molecule has 43 heteroatoms. The van der Waals surface area contributed by atoms with E-state index < -0.39 is 58.7 Å². The van der Waals surface area contributed by atoms with E-state index in [-0.39, 0.29) is 244 Å². The second-order valence-electron chi connectivity index (χ2n) is 32.9. The Labute approximate surface area is 834 Å². The van der Waals surface area contributed by atoms with Gasteiger partial charge in [-0.1, -0.05) is 120 Å². The lowest BCUT2D eigenvalue weighted by Gasteiger charge is -2.42. The van der Waals surface area contributed by atoms with Crippen molar-refractivity contribution in [1.29, 1.82) is 15.8 Å². The highest BCUT2D eigenvalue weighted by Crippen LogP contribution is 2.54. The largest absolute Gasteiger partial charge is 0.491 e. The molecule has 4 aromatic heterocycles. The number of halogens is 11. The predicted molar refractivity (Wildman–Crippen MR) is 526 cm³/mol. The van der Waals surface area contributed by atoms with Crippen molar-refractivity contribution in [3.05, 3.63) is 228 Å². The summed E-state index contributed by atoms with van der Waals surface area (Å²) in [6.45, 7) is 18.6. The molecule has 0 radical (unpaired) electrons. The van der Waals surface area contributed by atoms with Crippen molar-refractivity contribution >= 4 is 211 Å². The Hall–Kier alpha value is -13.9. The van der Waals surface area contributed by atoms with E-state index in [1.54, 1.807) is 52.5 Å². The van der Waals surface area contributed by atoms with Gasteiger partial charge in [0.05, 0.1) is 128 Å². The molecule has 8 amide bonds. The van der Waals surface area contributed by atoms with E-state index in [4.69, 9.17) is 99.9 Å². The van der Waals surface area contributed by atoms with Crippen LogP contribution in [0.3, 0.4) is 0 Å². The number of carbonyl (C=O) groups excluding carboxylic acids is 8. The van der Waals surface area contributed by atoms with Gasteiger partial charge in [0, 0.05) is 146 Å². The number of carbonyl (C=O) groups is 8. The zero-order valence-corrected chi connectivity index (χ0v) is 80.3. The van der Waals surface area contributed by atoms with E-state index in [1.165, 1.54) is 70.9 Å². The molecule has 0 bridgehead atoms. The summed E-state index contributed by atoms with van der Waals surface area (Å²) in [5.41, 5.74) is 25.9. The maximum absolute atomic E-state index is 15.7. The average Bonchev–Trinajstić information content (AvgIpc) is 1.52. The maximum atomic E-state index is 15.7. The molecule has 4 atom stereocenters. The molecule has 0 saturated carbocycles. The standard InChI is InChI=1S/C25H19ClF2N4O3S.C25H20ClFN4O3S.C24H17ClF2N4O3S.C23H19Cl2FN4O3S/c1-2-18(33)31-6-7-32-12(11-31)5-8-35-22-14(25(32)34)9-17(28)20(21(22)26)13-3-4-16(27)23-19(13)15(10-29)24(30)36-23;1-2-19(32)30-7-8-31-13(12-30)6-9-34-23-15(25(31)33)10-17(27)21(22(23)26)14-4-3-5-18-20(14)16(11-28)24(29)35-18;1-2-17(32)30-5-6-31-11(9-30)10-34-21-13(24(31)33)7-16(27)19(20(21)25)12-3-4-15(26)22-18(12)14(8-28)23(29)35-22;1-2-16(31)29-6-7-30-11(10-29)5-8-33-20-13(22(30)32)9-14(24)17(18(20)25)12-3-4-15(26)21-19(12)28-23(27)34-21/h2-4,9,12H,1,5-8,11,30H2;2-5,10,13H,1,6-9,12,29H2;2-4,7,11H,1,5-6,9-10,29H2;2-4,9,11H,1,5-8,10H2,(H2,27,28)/t12-;13-;2*11-/m0010/s1. The molecule has 0 unspecified atom stereocenters. The summed E-state index contributed by atoms with van der Waals surface area (Å²) in [5, 5.41) is 30.4. The van der Waals surface area contributed by atoms with Gasteiger partial charge in [-0.05, 0) is 95.6 Å². The van der Waals surface area contributed by atoms with Crippen LogP contribution in [-0.4, -0.2) is 221 Å². The molecule has 12 aromatic rings. The highest BCUT2D eigenvalue weighted by Gasteiger charge is 2.44. The van der Waals surface area contributed by atoms with Gasteiger partial charge in [0.2, 0.25) is 23.6 Å². The van der Waals surface area contributed by atoms with E-state index in [0.717, 1.165) is 69.0 Å². The number of nitrogens with two attached hydrogens (primary N) is 4. The SMILES string of the molecule is C=CC(=O)N1CCN2C(=O)c3cc(Cl)c(-c4ccc(F)c5sc(N)nc45)c(Cl)c3OCC[C@H]2C1.C=CC(=O)N1CCN2C(=O)c3cc(F)c(-c4ccc(F)c5sc(N)c(C#N)c45)c(Cl)c3OCC[C@H]2C1.C=CC(=O)N1CCN2C(=O)c3cc(F)c(-c4ccc(F)c5sc(N)c(C#N)c45)c(Cl)c3OC[C@H]2C1.C=CC(=O)N1CCN2C(=O)c3cc(F)c(-c4cccc5sc(N)c(C#N)c45)c(Cl)c3OCC[C@H]2C1. The third-order valence-corrected chi connectivity index (χ3v) is 31.0. The van der Waals surface area contributed by atoms with Crippen LogP contribution in [0.2, 0.25) is 25.1 Å². The predicted octanol–water partition coefficient (Wildman–Crippen LogP) is 17.8. The summed E-state index contributed by atoms with van der Waals surface area (Å²) in [4.78, 5) is 119. The van der Waals surface area contributed by atoms with E-state index in [1.807, 2.05) is 12.1 Å². The van der Waals surface area contributed by atoms with Crippen LogP contribution in [0.5, 0.6) is 23.0 Å². The number of aromatic nitrogens is 1. The Morgan fingerprint density at radius 2 is 0.721 bits per heavy atom. The summed E-state index contributed by atoms with van der Waals surface area (Å²) in [5.74, 6) is -6.13. The summed E-state index contributed by atoms with van der Waals surface area (Å²) < 4.78 is 115. The van der Waals surface area contributed by atoms with Gasteiger partial charge in [-0.2, -0.15) is 15.8 Å². The third-order valence-electron chi connectivity index (χ3n) is 25.4. The quantitative estimate of drug-likeness (QED) is 0.0811. The smallest absolute Gasteiger partial charge is 0.258 e. The number of hydrogen-bond acceptors (Lipinski definition) is 24. The van der Waals surface area contributed by atoms with Crippen molar-refractivity contribution < 1.29 is 83.6 Å². The van der Waals surface area contributed by atoms with E-state index in [9.17, 15) is 67.3 Å². The number of nitrogens with zero attached hydrogens (tertiary/aromatic N) is 12. The van der Waals surface area contributed by atoms with Crippen LogP contribution in [0, 0.1) is 68.9 Å².